The predicted octanol–water partition coefficient (Wildman–Crippen LogP) is 4.80. The Kier molecular flexibility index (Phi) is 4.26. The number of nitrogens with zero attached hydrogens (tertiary/aromatic N) is 2. The number of aromatic nitrogens is 2. The van der Waals surface area contributed by atoms with E-state index >= 15 is 0 Å². The Morgan fingerprint density at radius 1 is 1.22 bits per heavy atom. The quantitative estimate of drug-likeness (QED) is 0.702. The van der Waals surface area contributed by atoms with Crippen LogP contribution in [0.3, 0.4) is 0 Å². The molecule has 2 aromatic carbocycles. The average Bonchev–Trinajstić information content (AvgIpc) is 3.45. The number of aromatic carboxylic acids is 1. The maximum Gasteiger partial charge on any atom is 0.335 e. The summed E-state index contributed by atoms with van der Waals surface area (Å²) in [6, 6.07) is 8.07. The van der Waals surface area contributed by atoms with Gasteiger partial charge in [-0.25, -0.2) is 19.2 Å². The Bertz CT molecular complexity index is 1050. The third-order valence-electron chi connectivity index (χ3n) is 4.68. The summed E-state index contributed by atoms with van der Waals surface area (Å²) in [4.78, 5) is 20.1. The second kappa shape index (κ2) is 6.61. The number of carbonyl (C=O) groups is 1. The highest BCUT2D eigenvalue weighted by molar-refractivity contribution is 5.95. The monoisotopic (exact) mass is 366 g/mol. The molecule has 1 heterocycles. The molecule has 1 N–H and O–H groups in total. The molecule has 6 heteroatoms. The molecule has 0 atom stereocenters. The van der Waals surface area contributed by atoms with Gasteiger partial charge in [-0.2, -0.15) is 0 Å². The number of hydrogen-bond acceptors (Lipinski definition) is 4. The molecule has 1 aliphatic carbocycles. The Hall–Kier alpha value is -3.02. The van der Waals surface area contributed by atoms with E-state index in [0.717, 1.165) is 18.4 Å². The van der Waals surface area contributed by atoms with Gasteiger partial charge < -0.3 is 9.84 Å². The van der Waals surface area contributed by atoms with Gasteiger partial charge in [0.05, 0.1) is 22.9 Å². The van der Waals surface area contributed by atoms with Crippen LogP contribution in [-0.2, 0) is 0 Å². The van der Waals surface area contributed by atoms with Crippen LogP contribution in [0.15, 0.2) is 36.7 Å². The average molecular weight is 366 g/mol. The molecule has 0 bridgehead atoms. The molecule has 27 heavy (non-hydrogen) atoms. The van der Waals surface area contributed by atoms with Crippen molar-refractivity contribution in [3.8, 4) is 17.0 Å². The zero-order chi connectivity index (χ0) is 19.1. The van der Waals surface area contributed by atoms with Crippen LogP contribution in [0.2, 0.25) is 0 Å². The van der Waals surface area contributed by atoms with Crippen molar-refractivity contribution in [1.29, 1.82) is 0 Å². The second-order valence-corrected chi connectivity index (χ2v) is 7.10. The maximum atomic E-state index is 14.5. The summed E-state index contributed by atoms with van der Waals surface area (Å²) in [6.07, 6.45) is 3.41. The lowest BCUT2D eigenvalue weighted by atomic mass is 9.93. The van der Waals surface area contributed by atoms with Gasteiger partial charge in [-0.3, -0.25) is 0 Å². The van der Waals surface area contributed by atoms with Crippen LogP contribution < -0.4 is 4.74 Å². The molecule has 0 aliphatic heterocycles. The molecule has 0 radical (unpaired) electrons. The molecule has 3 aromatic rings. The van der Waals surface area contributed by atoms with Crippen molar-refractivity contribution in [2.24, 2.45) is 0 Å². The molecule has 5 nitrogen and oxygen atoms in total. The summed E-state index contributed by atoms with van der Waals surface area (Å²) in [5.41, 5.74) is 2.85. The molecule has 1 fully saturated rings. The molecule has 0 spiro atoms. The molecule has 138 valence electrons. The van der Waals surface area contributed by atoms with Crippen molar-refractivity contribution in [1.82, 2.24) is 9.97 Å². The highest BCUT2D eigenvalue weighted by Gasteiger charge is 2.25. The van der Waals surface area contributed by atoms with Crippen LogP contribution in [0.4, 0.5) is 4.39 Å². The Morgan fingerprint density at radius 3 is 2.67 bits per heavy atom. The van der Waals surface area contributed by atoms with Gasteiger partial charge in [0, 0.05) is 17.0 Å². The fourth-order valence-electron chi connectivity index (χ4n) is 3.13. The zero-order valence-corrected chi connectivity index (χ0v) is 15.1. The first-order valence-electron chi connectivity index (χ1n) is 8.92. The van der Waals surface area contributed by atoms with Crippen LogP contribution in [0, 0.1) is 5.82 Å². The van der Waals surface area contributed by atoms with Crippen molar-refractivity contribution >= 4 is 16.9 Å². The molecule has 1 aliphatic rings. The molecule has 0 saturated heterocycles. The molecular weight excluding hydrogens is 347 g/mol. The summed E-state index contributed by atoms with van der Waals surface area (Å²) in [7, 11) is 0. The minimum absolute atomic E-state index is 0.0273. The zero-order valence-electron chi connectivity index (χ0n) is 15.1. The van der Waals surface area contributed by atoms with Gasteiger partial charge in [-0.15, -0.1) is 0 Å². The standard InChI is InChI=1S/C21H19FN2O3/c1-11(2)15-7-12(3-6-14(15)21(25)26)20-16-8-17(22)19(27-13-4-5-13)9-18(16)23-10-24-20/h3,6-11,13H,4-5H2,1-2H3,(H,25,26). The molecule has 0 unspecified atom stereocenters. The topological polar surface area (TPSA) is 72.3 Å². The van der Waals surface area contributed by atoms with Crippen molar-refractivity contribution < 1.29 is 19.0 Å². The first-order valence-corrected chi connectivity index (χ1v) is 8.92. The third-order valence-corrected chi connectivity index (χ3v) is 4.68. The minimum Gasteiger partial charge on any atom is -0.487 e. The third kappa shape index (κ3) is 3.35. The van der Waals surface area contributed by atoms with Crippen LogP contribution in [0.25, 0.3) is 22.2 Å². The van der Waals surface area contributed by atoms with E-state index in [0.29, 0.717) is 22.2 Å². The fraction of sp³-hybridized carbons (Fsp3) is 0.286. The van der Waals surface area contributed by atoms with Gasteiger partial charge in [0.15, 0.2) is 11.6 Å². The summed E-state index contributed by atoms with van der Waals surface area (Å²) in [6.45, 7) is 3.87. The Morgan fingerprint density at radius 2 is 2.00 bits per heavy atom. The number of rotatable bonds is 5. The van der Waals surface area contributed by atoms with E-state index in [2.05, 4.69) is 9.97 Å². The van der Waals surface area contributed by atoms with Crippen molar-refractivity contribution in [2.45, 2.75) is 38.7 Å². The Labute approximate surface area is 155 Å². The SMILES string of the molecule is CC(C)c1cc(-c2ncnc3cc(OC4CC4)c(F)cc23)ccc1C(=O)O. The molecule has 4 rings (SSSR count). The fourth-order valence-corrected chi connectivity index (χ4v) is 3.13. The maximum absolute atomic E-state index is 14.5. The number of fused-ring (bicyclic) bond motifs is 1. The molecule has 1 saturated carbocycles. The highest BCUT2D eigenvalue weighted by Crippen LogP contribution is 2.34. The molecule has 1 aromatic heterocycles. The van der Waals surface area contributed by atoms with Gasteiger partial charge in [-0.05, 0) is 42.5 Å². The van der Waals surface area contributed by atoms with E-state index in [4.69, 9.17) is 4.74 Å². The van der Waals surface area contributed by atoms with E-state index in [9.17, 15) is 14.3 Å². The van der Waals surface area contributed by atoms with Crippen molar-refractivity contribution in [3.63, 3.8) is 0 Å². The second-order valence-electron chi connectivity index (χ2n) is 7.10. The van der Waals surface area contributed by atoms with Gasteiger partial charge in [-0.1, -0.05) is 19.9 Å². The minimum atomic E-state index is -0.967. The van der Waals surface area contributed by atoms with Crippen molar-refractivity contribution in [3.05, 3.63) is 53.6 Å². The van der Waals surface area contributed by atoms with Gasteiger partial charge in [0.25, 0.3) is 0 Å². The van der Waals surface area contributed by atoms with Crippen LogP contribution in [0.5, 0.6) is 5.75 Å². The van der Waals surface area contributed by atoms with Crippen LogP contribution in [-0.4, -0.2) is 27.1 Å². The van der Waals surface area contributed by atoms with Gasteiger partial charge in [0.1, 0.15) is 6.33 Å². The van der Waals surface area contributed by atoms with Crippen molar-refractivity contribution in [2.75, 3.05) is 0 Å². The van der Waals surface area contributed by atoms with Crippen LogP contribution in [0.1, 0.15) is 48.5 Å². The predicted molar refractivity (Wildman–Crippen MR) is 99.6 cm³/mol. The first kappa shape index (κ1) is 17.4. The lowest BCUT2D eigenvalue weighted by molar-refractivity contribution is 0.0695. The molecule has 0 amide bonds. The van der Waals surface area contributed by atoms with E-state index in [1.807, 2.05) is 19.9 Å². The Balaban J connectivity index is 1.85. The largest absolute Gasteiger partial charge is 0.487 e. The van der Waals surface area contributed by atoms with E-state index in [-0.39, 0.29) is 23.3 Å². The number of hydrogen-bond donors (Lipinski definition) is 1. The highest BCUT2D eigenvalue weighted by atomic mass is 19.1. The number of carboxylic acid groups (broad SMARTS) is 1. The van der Waals surface area contributed by atoms with E-state index in [1.54, 1.807) is 18.2 Å². The summed E-state index contributed by atoms with van der Waals surface area (Å²) in [5, 5.41) is 9.97. The lowest BCUT2D eigenvalue weighted by Crippen LogP contribution is -2.04. The number of carboxylic acids is 1. The van der Waals surface area contributed by atoms with Crippen LogP contribution >= 0.6 is 0 Å². The summed E-state index contributed by atoms with van der Waals surface area (Å²) >= 11 is 0. The first-order chi connectivity index (χ1) is 12.9. The number of ether oxygens (including phenoxy) is 1. The van der Waals surface area contributed by atoms with Gasteiger partial charge in [0.2, 0.25) is 0 Å². The lowest BCUT2D eigenvalue weighted by Gasteiger charge is -2.13. The van der Waals surface area contributed by atoms with E-state index in [1.165, 1.54) is 12.4 Å². The normalized spacial score (nSPS) is 13.9. The smallest absolute Gasteiger partial charge is 0.335 e. The van der Waals surface area contributed by atoms with Gasteiger partial charge >= 0.3 is 5.97 Å². The number of benzene rings is 2. The summed E-state index contributed by atoms with van der Waals surface area (Å²) < 4.78 is 20.1. The van der Waals surface area contributed by atoms with E-state index < -0.39 is 11.8 Å². The number of halogens is 1. The summed E-state index contributed by atoms with van der Waals surface area (Å²) in [5.74, 6) is -1.18. The molecular formula is C21H19FN2O3.